The van der Waals surface area contributed by atoms with E-state index >= 15 is 0 Å². The molecule has 1 saturated heterocycles. The SMILES string of the molecule is O=C(NCc1ccc(Cn2cccn2)cc1)C1CCCN1S(=O)(=O)c1cccs1. The van der Waals surface area contributed by atoms with Gasteiger partial charge in [-0.25, -0.2) is 8.42 Å². The van der Waals surface area contributed by atoms with Crippen molar-refractivity contribution in [3.63, 3.8) is 0 Å². The fourth-order valence-corrected chi connectivity index (χ4v) is 6.24. The Morgan fingerprint density at radius 2 is 1.97 bits per heavy atom. The average Bonchev–Trinajstić information content (AvgIpc) is 3.49. The first-order valence-corrected chi connectivity index (χ1v) is 11.7. The van der Waals surface area contributed by atoms with Gasteiger partial charge in [-0.3, -0.25) is 9.48 Å². The Hall–Kier alpha value is -2.49. The van der Waals surface area contributed by atoms with Crippen LogP contribution in [0.4, 0.5) is 0 Å². The van der Waals surface area contributed by atoms with Gasteiger partial charge in [0.05, 0.1) is 6.54 Å². The highest BCUT2D eigenvalue weighted by molar-refractivity contribution is 7.91. The minimum atomic E-state index is -3.62. The molecule has 3 heterocycles. The van der Waals surface area contributed by atoms with Crippen molar-refractivity contribution >= 4 is 27.3 Å². The van der Waals surface area contributed by atoms with Crippen molar-refractivity contribution in [1.29, 1.82) is 0 Å². The lowest BCUT2D eigenvalue weighted by Gasteiger charge is -2.22. The topological polar surface area (TPSA) is 84.3 Å². The summed E-state index contributed by atoms with van der Waals surface area (Å²) in [6.07, 6.45) is 4.88. The second-order valence-electron chi connectivity index (χ2n) is 6.94. The summed E-state index contributed by atoms with van der Waals surface area (Å²) in [6, 6.07) is 12.5. The van der Waals surface area contributed by atoms with Crippen LogP contribution in [0.25, 0.3) is 0 Å². The third-order valence-corrected chi connectivity index (χ3v) is 8.24. The Kier molecular flexibility index (Phi) is 5.79. The van der Waals surface area contributed by atoms with Crippen LogP contribution in [-0.4, -0.2) is 41.0 Å². The maximum Gasteiger partial charge on any atom is 0.253 e. The minimum Gasteiger partial charge on any atom is -0.351 e. The minimum absolute atomic E-state index is 0.247. The average molecular weight is 431 g/mol. The molecular formula is C20H22N4O3S2. The number of hydrogen-bond donors (Lipinski definition) is 1. The summed E-state index contributed by atoms with van der Waals surface area (Å²) >= 11 is 1.18. The molecule has 0 bridgehead atoms. The number of thiophene rings is 1. The van der Waals surface area contributed by atoms with Crippen LogP contribution >= 0.6 is 11.3 Å². The fourth-order valence-electron chi connectivity index (χ4n) is 3.47. The summed E-state index contributed by atoms with van der Waals surface area (Å²) in [5.74, 6) is -0.247. The molecule has 3 aromatic rings. The highest BCUT2D eigenvalue weighted by atomic mass is 32.2. The lowest BCUT2D eigenvalue weighted by molar-refractivity contribution is -0.124. The molecule has 0 radical (unpaired) electrons. The molecule has 0 aliphatic carbocycles. The van der Waals surface area contributed by atoms with E-state index in [9.17, 15) is 13.2 Å². The van der Waals surface area contributed by atoms with Crippen molar-refractivity contribution in [2.24, 2.45) is 0 Å². The van der Waals surface area contributed by atoms with E-state index < -0.39 is 16.1 Å². The van der Waals surface area contributed by atoms with Gasteiger partial charge < -0.3 is 5.32 Å². The number of nitrogens with zero attached hydrogens (tertiary/aromatic N) is 3. The molecule has 1 amide bonds. The van der Waals surface area contributed by atoms with Crippen molar-refractivity contribution in [2.75, 3.05) is 6.54 Å². The molecule has 1 fully saturated rings. The Morgan fingerprint density at radius 1 is 1.17 bits per heavy atom. The molecular weight excluding hydrogens is 408 g/mol. The maximum absolute atomic E-state index is 12.8. The Balaban J connectivity index is 1.36. The predicted octanol–water partition coefficient (Wildman–Crippen LogP) is 2.46. The second-order valence-corrected chi connectivity index (χ2v) is 10.0. The highest BCUT2D eigenvalue weighted by Crippen LogP contribution is 2.28. The van der Waals surface area contributed by atoms with Crippen molar-refractivity contribution in [3.05, 3.63) is 71.4 Å². The normalized spacial score (nSPS) is 17.4. The van der Waals surface area contributed by atoms with E-state index in [1.165, 1.54) is 15.6 Å². The molecule has 9 heteroatoms. The lowest BCUT2D eigenvalue weighted by atomic mass is 10.1. The molecule has 0 saturated carbocycles. The van der Waals surface area contributed by atoms with Gasteiger partial charge in [0.15, 0.2) is 0 Å². The third-order valence-electron chi connectivity index (χ3n) is 4.96. The molecule has 1 aliphatic rings. The van der Waals surface area contributed by atoms with Crippen molar-refractivity contribution in [3.8, 4) is 0 Å². The number of nitrogens with one attached hydrogen (secondary N) is 1. The quantitative estimate of drug-likeness (QED) is 0.624. The number of rotatable bonds is 7. The second kappa shape index (κ2) is 8.48. The number of sulfonamides is 1. The van der Waals surface area contributed by atoms with Gasteiger partial charge in [-0.2, -0.15) is 9.40 Å². The van der Waals surface area contributed by atoms with Gasteiger partial charge in [0, 0.05) is 25.5 Å². The number of carbonyl (C=O) groups excluding carboxylic acids is 1. The van der Waals surface area contributed by atoms with Gasteiger partial charge in [-0.15, -0.1) is 11.3 Å². The smallest absolute Gasteiger partial charge is 0.253 e. The summed E-state index contributed by atoms with van der Waals surface area (Å²) in [7, 11) is -3.62. The first kappa shape index (κ1) is 19.8. The molecule has 2 aromatic heterocycles. The van der Waals surface area contributed by atoms with E-state index in [4.69, 9.17) is 0 Å². The number of benzene rings is 1. The molecule has 1 aliphatic heterocycles. The summed E-state index contributed by atoms with van der Waals surface area (Å²) < 4.78 is 29.1. The van der Waals surface area contributed by atoms with Gasteiger partial charge in [-0.1, -0.05) is 30.3 Å². The van der Waals surface area contributed by atoms with Crippen LogP contribution in [0.2, 0.25) is 0 Å². The predicted molar refractivity (Wildman–Crippen MR) is 111 cm³/mol. The van der Waals surface area contributed by atoms with Crippen LogP contribution in [0.1, 0.15) is 24.0 Å². The van der Waals surface area contributed by atoms with Crippen LogP contribution in [0, 0.1) is 0 Å². The van der Waals surface area contributed by atoms with Crippen molar-refractivity contribution < 1.29 is 13.2 Å². The first-order valence-electron chi connectivity index (χ1n) is 9.42. The van der Waals surface area contributed by atoms with E-state index in [1.54, 1.807) is 23.7 Å². The summed E-state index contributed by atoms with van der Waals surface area (Å²) in [4.78, 5) is 12.7. The van der Waals surface area contributed by atoms with E-state index in [0.29, 0.717) is 32.5 Å². The Labute approximate surface area is 174 Å². The first-order chi connectivity index (χ1) is 14.0. The molecule has 1 atom stereocenters. The maximum atomic E-state index is 12.8. The van der Waals surface area contributed by atoms with Gasteiger partial charge in [0.1, 0.15) is 10.3 Å². The van der Waals surface area contributed by atoms with Crippen LogP contribution in [-0.2, 0) is 27.9 Å². The number of hydrogen-bond acceptors (Lipinski definition) is 5. The zero-order valence-electron chi connectivity index (χ0n) is 15.8. The van der Waals surface area contributed by atoms with Crippen LogP contribution < -0.4 is 5.32 Å². The molecule has 29 heavy (non-hydrogen) atoms. The van der Waals surface area contributed by atoms with Crippen molar-refractivity contribution in [1.82, 2.24) is 19.4 Å². The zero-order chi connectivity index (χ0) is 20.3. The standard InChI is InChI=1S/C20H22N4O3S2/c25-20(18-4-1-12-24(18)29(26,27)19-5-2-13-28-19)21-14-16-6-8-17(9-7-16)15-23-11-3-10-22-23/h2-3,5-11,13,18H,1,4,12,14-15H2,(H,21,25). The van der Waals surface area contributed by atoms with Crippen LogP contribution in [0.5, 0.6) is 0 Å². The molecule has 1 aromatic carbocycles. The van der Waals surface area contributed by atoms with Crippen molar-refractivity contribution in [2.45, 2.75) is 36.2 Å². The molecule has 152 valence electrons. The largest absolute Gasteiger partial charge is 0.351 e. The molecule has 7 nitrogen and oxygen atoms in total. The molecule has 1 N–H and O–H groups in total. The fraction of sp³-hybridized carbons (Fsp3) is 0.300. The van der Waals surface area contributed by atoms with E-state index in [0.717, 1.165) is 11.1 Å². The van der Waals surface area contributed by atoms with E-state index in [-0.39, 0.29) is 10.1 Å². The molecule has 1 unspecified atom stereocenters. The summed E-state index contributed by atoms with van der Waals surface area (Å²) in [5, 5.41) is 8.81. The Morgan fingerprint density at radius 3 is 2.66 bits per heavy atom. The number of amides is 1. The highest BCUT2D eigenvalue weighted by Gasteiger charge is 2.39. The van der Waals surface area contributed by atoms with Crippen LogP contribution in [0.15, 0.2) is 64.4 Å². The lowest BCUT2D eigenvalue weighted by Crippen LogP contribution is -2.45. The van der Waals surface area contributed by atoms with E-state index in [2.05, 4.69) is 10.4 Å². The summed E-state index contributed by atoms with van der Waals surface area (Å²) in [5.41, 5.74) is 2.08. The summed E-state index contributed by atoms with van der Waals surface area (Å²) in [6.45, 7) is 1.43. The van der Waals surface area contributed by atoms with Gasteiger partial charge >= 0.3 is 0 Å². The molecule has 4 rings (SSSR count). The van der Waals surface area contributed by atoms with Gasteiger partial charge in [0.25, 0.3) is 10.0 Å². The van der Waals surface area contributed by atoms with Gasteiger partial charge in [0.2, 0.25) is 5.91 Å². The Bertz CT molecular complexity index is 1050. The third kappa shape index (κ3) is 4.42. The number of carbonyl (C=O) groups is 1. The zero-order valence-corrected chi connectivity index (χ0v) is 17.4. The van der Waals surface area contributed by atoms with E-state index in [1.807, 2.05) is 41.2 Å². The van der Waals surface area contributed by atoms with Gasteiger partial charge in [-0.05, 0) is 41.5 Å². The number of aromatic nitrogens is 2. The van der Waals surface area contributed by atoms with Crippen LogP contribution in [0.3, 0.4) is 0 Å². The monoisotopic (exact) mass is 430 g/mol. The molecule has 0 spiro atoms.